The van der Waals surface area contributed by atoms with Gasteiger partial charge in [-0.1, -0.05) is 110 Å². The molecule has 0 aromatic rings. The molecule has 0 rings (SSSR count). The molecule has 2 amide bonds. The largest absolute Gasteiger partial charge is 0.480 e. The average molecular weight is 597 g/mol. The van der Waals surface area contributed by atoms with Gasteiger partial charge in [-0.3, -0.25) is 14.4 Å². The van der Waals surface area contributed by atoms with Crippen LogP contribution in [-0.2, 0) is 23.9 Å². The molecule has 2 atom stereocenters. The number of ether oxygens (including phenoxy) is 1. The van der Waals surface area contributed by atoms with Crippen LogP contribution in [0.15, 0.2) is 12.2 Å². The zero-order valence-electron chi connectivity index (χ0n) is 26.5. The molecule has 0 aliphatic rings. The van der Waals surface area contributed by atoms with Crippen LogP contribution in [0.4, 0.5) is 0 Å². The summed E-state index contributed by atoms with van der Waals surface area (Å²) in [6, 6.07) is -1.39. The summed E-state index contributed by atoms with van der Waals surface area (Å²) in [5, 5.41) is 22.4. The van der Waals surface area contributed by atoms with Crippen molar-refractivity contribution in [1.29, 1.82) is 0 Å². The number of aliphatic hydroxyl groups excluding tert-OH is 1. The van der Waals surface area contributed by atoms with Gasteiger partial charge in [0.05, 0.1) is 13.2 Å². The van der Waals surface area contributed by atoms with Crippen LogP contribution in [0.5, 0.6) is 0 Å². The molecule has 0 aliphatic heterocycles. The number of amides is 2. The molecule has 0 heterocycles. The second-order valence-electron chi connectivity index (χ2n) is 11.3. The van der Waals surface area contributed by atoms with Crippen molar-refractivity contribution in [3.8, 4) is 0 Å². The Labute approximate surface area is 254 Å². The van der Waals surface area contributed by atoms with Crippen molar-refractivity contribution in [3.05, 3.63) is 12.2 Å². The van der Waals surface area contributed by atoms with Gasteiger partial charge in [0.2, 0.25) is 11.8 Å². The lowest BCUT2D eigenvalue weighted by atomic mass is 10.1. The first-order valence-electron chi connectivity index (χ1n) is 16.6. The third kappa shape index (κ3) is 25.3. The number of carbonyl (C=O) groups is 4. The highest BCUT2D eigenvalue weighted by atomic mass is 16.5. The van der Waals surface area contributed by atoms with Crippen LogP contribution in [0.3, 0.4) is 0 Å². The van der Waals surface area contributed by atoms with Gasteiger partial charge in [0.1, 0.15) is 12.1 Å². The number of carboxylic acid groups (broad SMARTS) is 1. The molecule has 9 nitrogen and oxygen atoms in total. The number of nitrogens with one attached hydrogen (secondary N) is 2. The van der Waals surface area contributed by atoms with Crippen LogP contribution in [0.2, 0.25) is 0 Å². The number of hydrogen-bond acceptors (Lipinski definition) is 6. The van der Waals surface area contributed by atoms with Gasteiger partial charge in [-0.25, -0.2) is 4.79 Å². The first kappa shape index (κ1) is 39.6. The maximum atomic E-state index is 12.5. The van der Waals surface area contributed by atoms with Gasteiger partial charge in [-0.05, 0) is 38.2 Å². The minimum atomic E-state index is -1.39. The van der Waals surface area contributed by atoms with Crippen molar-refractivity contribution in [1.82, 2.24) is 10.6 Å². The molecule has 0 saturated carbocycles. The Kier molecular flexibility index (Phi) is 27.0. The van der Waals surface area contributed by atoms with Crippen LogP contribution in [0, 0.1) is 0 Å². The normalized spacial score (nSPS) is 12.6. The van der Waals surface area contributed by atoms with Gasteiger partial charge in [0, 0.05) is 12.8 Å². The van der Waals surface area contributed by atoms with Crippen molar-refractivity contribution < 1.29 is 34.1 Å². The maximum Gasteiger partial charge on any atom is 0.328 e. The number of allylic oxidation sites excluding steroid dienone is 1. The molecule has 0 aromatic carbocycles. The first-order valence-corrected chi connectivity index (χ1v) is 16.6. The summed E-state index contributed by atoms with van der Waals surface area (Å²) in [6.07, 6.45) is 25.7. The fraction of sp³-hybridized carbons (Fsp3) is 0.818. The number of hydrogen-bond donors (Lipinski definition) is 4. The van der Waals surface area contributed by atoms with Crippen molar-refractivity contribution in [2.24, 2.45) is 0 Å². The Hall–Kier alpha value is -2.42. The van der Waals surface area contributed by atoms with Crippen LogP contribution in [0.1, 0.15) is 149 Å². The van der Waals surface area contributed by atoms with E-state index in [4.69, 9.17) is 14.9 Å². The second kappa shape index (κ2) is 28.7. The Morgan fingerprint density at radius 1 is 0.714 bits per heavy atom. The maximum absolute atomic E-state index is 12.5. The number of carboxylic acids is 1. The molecule has 0 saturated heterocycles. The lowest BCUT2D eigenvalue weighted by Crippen LogP contribution is -2.47. The van der Waals surface area contributed by atoms with Gasteiger partial charge in [-0.2, -0.15) is 0 Å². The third-order valence-corrected chi connectivity index (χ3v) is 7.25. The number of unbranched alkanes of at least 4 members (excludes halogenated alkanes) is 15. The van der Waals surface area contributed by atoms with E-state index in [1.54, 1.807) is 0 Å². The van der Waals surface area contributed by atoms with E-state index in [2.05, 4.69) is 30.6 Å². The summed E-state index contributed by atoms with van der Waals surface area (Å²) in [6.45, 7) is 3.34. The minimum absolute atomic E-state index is 0.120. The molecular weight excluding hydrogens is 536 g/mol. The standard InChI is InChI=1S/C33H60N2O7/c1-3-5-7-9-10-11-12-13-14-15-21-25-32(39)42-28(22-18-8-6-4-2)23-19-16-17-20-24-30(37)34-26-31(38)35-29(27-36)33(40)41/h18,22,28-29,36H,3-17,19-21,23-27H2,1-2H3,(H,34,37)(H,35,38)(H,40,41)/b22-18-. The third-order valence-electron chi connectivity index (χ3n) is 7.25. The molecule has 0 aliphatic carbocycles. The predicted octanol–water partition coefficient (Wildman–Crippen LogP) is 6.36. The fourth-order valence-electron chi connectivity index (χ4n) is 4.61. The molecule has 0 bridgehead atoms. The molecular formula is C33H60N2O7. The zero-order chi connectivity index (χ0) is 31.3. The second-order valence-corrected chi connectivity index (χ2v) is 11.3. The highest BCUT2D eigenvalue weighted by Gasteiger charge is 2.18. The highest BCUT2D eigenvalue weighted by molar-refractivity contribution is 5.87. The van der Waals surface area contributed by atoms with Crippen molar-refractivity contribution in [2.75, 3.05) is 13.2 Å². The Morgan fingerprint density at radius 2 is 1.26 bits per heavy atom. The minimum Gasteiger partial charge on any atom is -0.480 e. The van der Waals surface area contributed by atoms with E-state index in [9.17, 15) is 19.2 Å². The molecule has 0 spiro atoms. The lowest BCUT2D eigenvalue weighted by molar-refractivity contribution is -0.147. The summed E-state index contributed by atoms with van der Waals surface area (Å²) in [4.78, 5) is 47.0. The Balaban J connectivity index is 4.11. The van der Waals surface area contributed by atoms with Crippen LogP contribution in [0.25, 0.3) is 0 Å². The summed E-state index contributed by atoms with van der Waals surface area (Å²) >= 11 is 0. The number of rotatable bonds is 29. The average Bonchev–Trinajstić information content (AvgIpc) is 2.97. The van der Waals surface area contributed by atoms with Gasteiger partial charge in [-0.15, -0.1) is 0 Å². The first-order chi connectivity index (χ1) is 20.3. The quantitative estimate of drug-likeness (QED) is 0.0447. The number of carbonyl (C=O) groups excluding carboxylic acids is 3. The van der Waals surface area contributed by atoms with Gasteiger partial charge in [0.15, 0.2) is 0 Å². The highest BCUT2D eigenvalue weighted by Crippen LogP contribution is 2.15. The summed E-state index contributed by atoms with van der Waals surface area (Å²) in [7, 11) is 0. The van der Waals surface area contributed by atoms with E-state index >= 15 is 0 Å². The molecule has 0 radical (unpaired) electrons. The summed E-state index contributed by atoms with van der Waals surface area (Å²) in [5.41, 5.74) is 0. The smallest absolute Gasteiger partial charge is 0.328 e. The van der Waals surface area contributed by atoms with E-state index < -0.39 is 24.5 Å². The lowest BCUT2D eigenvalue weighted by Gasteiger charge is -2.15. The number of esters is 1. The van der Waals surface area contributed by atoms with E-state index in [1.807, 2.05) is 6.08 Å². The van der Waals surface area contributed by atoms with E-state index in [0.717, 1.165) is 57.8 Å². The SMILES string of the molecule is CCCC/C=C\C(CCCCCCC(=O)NCC(=O)NC(CO)C(=O)O)OC(=O)CCCCCCCCCCCCC. The summed E-state index contributed by atoms with van der Waals surface area (Å²) < 4.78 is 5.79. The predicted molar refractivity (Wildman–Crippen MR) is 167 cm³/mol. The molecule has 4 N–H and O–H groups in total. The van der Waals surface area contributed by atoms with E-state index in [1.165, 1.54) is 57.8 Å². The van der Waals surface area contributed by atoms with Crippen molar-refractivity contribution in [3.63, 3.8) is 0 Å². The van der Waals surface area contributed by atoms with Gasteiger partial charge in [0.25, 0.3) is 0 Å². The molecule has 9 heteroatoms. The fourth-order valence-corrected chi connectivity index (χ4v) is 4.61. The number of aliphatic carboxylic acids is 1. The molecule has 0 aromatic heterocycles. The Morgan fingerprint density at radius 3 is 1.83 bits per heavy atom. The molecule has 2 unspecified atom stereocenters. The monoisotopic (exact) mass is 596 g/mol. The van der Waals surface area contributed by atoms with E-state index in [0.29, 0.717) is 12.8 Å². The Bertz CT molecular complexity index is 742. The van der Waals surface area contributed by atoms with E-state index in [-0.39, 0.29) is 30.9 Å². The van der Waals surface area contributed by atoms with Gasteiger partial charge >= 0.3 is 11.9 Å². The number of aliphatic hydroxyl groups is 1. The van der Waals surface area contributed by atoms with Crippen LogP contribution < -0.4 is 10.6 Å². The zero-order valence-corrected chi connectivity index (χ0v) is 26.5. The van der Waals surface area contributed by atoms with Crippen molar-refractivity contribution >= 4 is 23.8 Å². The topological polar surface area (TPSA) is 142 Å². The van der Waals surface area contributed by atoms with Crippen LogP contribution >= 0.6 is 0 Å². The van der Waals surface area contributed by atoms with Crippen LogP contribution in [-0.4, -0.2) is 59.3 Å². The molecule has 244 valence electrons. The summed E-state index contributed by atoms with van der Waals surface area (Å²) in [5.74, 6) is -2.41. The van der Waals surface area contributed by atoms with Crippen molar-refractivity contribution in [2.45, 2.75) is 161 Å². The molecule has 0 fully saturated rings. The van der Waals surface area contributed by atoms with Gasteiger partial charge < -0.3 is 25.6 Å². The molecule has 42 heavy (non-hydrogen) atoms.